The van der Waals surface area contributed by atoms with Gasteiger partial charge in [0.1, 0.15) is 12.1 Å². The van der Waals surface area contributed by atoms with Crippen molar-refractivity contribution in [1.29, 1.82) is 0 Å². The Morgan fingerprint density at radius 1 is 0.906 bits per heavy atom. The SMILES string of the molecule is O=C(O)[C@H](Cc1ccccc1)NC(=O)[C@H](c1ccccc1)n1cnc2ccccc2c1=O. The van der Waals surface area contributed by atoms with Crippen LogP contribution in [0.25, 0.3) is 10.9 Å². The van der Waals surface area contributed by atoms with Crippen molar-refractivity contribution in [3.05, 3.63) is 113 Å². The van der Waals surface area contributed by atoms with E-state index in [0.29, 0.717) is 16.5 Å². The van der Waals surface area contributed by atoms with Gasteiger partial charge in [-0.25, -0.2) is 9.78 Å². The third kappa shape index (κ3) is 4.41. The Kier molecular flexibility index (Phi) is 6.07. The van der Waals surface area contributed by atoms with Crippen LogP contribution >= 0.6 is 0 Å². The van der Waals surface area contributed by atoms with E-state index in [-0.39, 0.29) is 12.0 Å². The minimum atomic E-state index is -1.15. The molecule has 4 rings (SSSR count). The smallest absolute Gasteiger partial charge is 0.326 e. The monoisotopic (exact) mass is 427 g/mol. The lowest BCUT2D eigenvalue weighted by Crippen LogP contribution is -2.47. The van der Waals surface area contributed by atoms with Gasteiger partial charge >= 0.3 is 5.97 Å². The van der Waals surface area contributed by atoms with E-state index >= 15 is 0 Å². The summed E-state index contributed by atoms with van der Waals surface area (Å²) >= 11 is 0. The number of aliphatic carboxylic acids is 1. The minimum Gasteiger partial charge on any atom is -0.480 e. The molecular weight excluding hydrogens is 406 g/mol. The van der Waals surface area contributed by atoms with E-state index in [1.807, 2.05) is 18.2 Å². The first-order valence-electron chi connectivity index (χ1n) is 10.1. The summed E-state index contributed by atoms with van der Waals surface area (Å²) in [5, 5.41) is 12.7. The van der Waals surface area contributed by atoms with Gasteiger partial charge in [0.15, 0.2) is 0 Å². The molecule has 0 unspecified atom stereocenters. The van der Waals surface area contributed by atoms with Gasteiger partial charge in [-0.1, -0.05) is 72.8 Å². The maximum absolute atomic E-state index is 13.4. The number of nitrogens with one attached hydrogen (secondary N) is 1. The number of rotatable bonds is 7. The fourth-order valence-corrected chi connectivity index (χ4v) is 3.64. The third-order valence-corrected chi connectivity index (χ3v) is 5.23. The van der Waals surface area contributed by atoms with Gasteiger partial charge in [-0.2, -0.15) is 0 Å². The molecule has 1 amide bonds. The number of fused-ring (bicyclic) bond motifs is 1. The molecule has 0 aliphatic rings. The van der Waals surface area contributed by atoms with Crippen molar-refractivity contribution in [2.24, 2.45) is 0 Å². The summed E-state index contributed by atoms with van der Waals surface area (Å²) < 4.78 is 1.24. The Labute approximate surface area is 184 Å². The van der Waals surface area contributed by atoms with Crippen molar-refractivity contribution in [2.45, 2.75) is 18.5 Å². The number of aromatic nitrogens is 2. The second-order valence-corrected chi connectivity index (χ2v) is 7.38. The zero-order chi connectivity index (χ0) is 22.5. The standard InChI is InChI=1S/C25H21N3O4/c29-23(27-21(25(31)32)15-17-9-3-1-4-10-17)22(18-11-5-2-6-12-18)28-16-26-20-14-8-7-13-19(20)24(28)30/h1-14,16,21-22H,15H2,(H,27,29)(H,31,32)/t21-,22-/m0/s1. The van der Waals surface area contributed by atoms with Crippen molar-refractivity contribution in [2.75, 3.05) is 0 Å². The van der Waals surface area contributed by atoms with Gasteiger partial charge in [-0.15, -0.1) is 0 Å². The Morgan fingerprint density at radius 2 is 1.53 bits per heavy atom. The van der Waals surface area contributed by atoms with Gasteiger partial charge in [0.05, 0.1) is 17.2 Å². The molecule has 32 heavy (non-hydrogen) atoms. The molecule has 0 bridgehead atoms. The van der Waals surface area contributed by atoms with Gasteiger partial charge in [0, 0.05) is 6.42 Å². The van der Waals surface area contributed by atoms with Gasteiger partial charge in [0.25, 0.3) is 5.56 Å². The molecule has 0 radical (unpaired) electrons. The molecule has 7 heteroatoms. The summed E-state index contributed by atoms with van der Waals surface area (Å²) in [6.07, 6.45) is 1.45. The number of hydrogen-bond donors (Lipinski definition) is 2. The molecule has 3 aromatic carbocycles. The second kappa shape index (κ2) is 9.26. The van der Waals surface area contributed by atoms with Crippen molar-refractivity contribution in [3.8, 4) is 0 Å². The largest absolute Gasteiger partial charge is 0.480 e. The molecule has 160 valence electrons. The highest BCUT2D eigenvalue weighted by molar-refractivity contribution is 5.88. The number of carbonyl (C=O) groups excluding carboxylic acids is 1. The molecule has 1 aromatic heterocycles. The average molecular weight is 427 g/mol. The third-order valence-electron chi connectivity index (χ3n) is 5.23. The van der Waals surface area contributed by atoms with Crippen LogP contribution in [0.1, 0.15) is 17.2 Å². The number of carboxylic acid groups (broad SMARTS) is 1. The van der Waals surface area contributed by atoms with E-state index in [1.54, 1.807) is 66.7 Å². The fraction of sp³-hybridized carbons (Fsp3) is 0.120. The van der Waals surface area contributed by atoms with Crippen LogP contribution in [0.2, 0.25) is 0 Å². The molecule has 4 aromatic rings. The van der Waals surface area contributed by atoms with Crippen LogP contribution in [-0.2, 0) is 16.0 Å². The first-order valence-corrected chi connectivity index (χ1v) is 10.1. The molecule has 0 aliphatic heterocycles. The predicted molar refractivity (Wildman–Crippen MR) is 120 cm³/mol. The normalized spacial score (nSPS) is 12.8. The summed E-state index contributed by atoms with van der Waals surface area (Å²) in [5.74, 6) is -1.75. The van der Waals surface area contributed by atoms with Crippen molar-refractivity contribution < 1.29 is 14.7 Å². The van der Waals surface area contributed by atoms with Crippen LogP contribution in [0.15, 0.2) is 96.1 Å². The van der Waals surface area contributed by atoms with Crippen molar-refractivity contribution >= 4 is 22.8 Å². The Bertz CT molecular complexity index is 1300. The van der Waals surface area contributed by atoms with Crippen LogP contribution in [0.4, 0.5) is 0 Å². The first-order chi connectivity index (χ1) is 15.5. The van der Waals surface area contributed by atoms with E-state index in [9.17, 15) is 19.5 Å². The number of nitrogens with zero attached hydrogens (tertiary/aromatic N) is 2. The number of para-hydroxylation sites is 1. The van der Waals surface area contributed by atoms with Crippen LogP contribution in [-0.4, -0.2) is 32.6 Å². The lowest BCUT2D eigenvalue weighted by atomic mass is 10.0. The van der Waals surface area contributed by atoms with E-state index in [4.69, 9.17) is 0 Å². The van der Waals surface area contributed by atoms with E-state index in [0.717, 1.165) is 5.56 Å². The molecule has 0 saturated carbocycles. The lowest BCUT2D eigenvalue weighted by molar-refractivity contribution is -0.142. The summed E-state index contributed by atoms with van der Waals surface area (Å²) in [5.41, 5.74) is 1.47. The number of hydrogen-bond acceptors (Lipinski definition) is 4. The molecule has 1 heterocycles. The number of carbonyl (C=O) groups is 2. The molecule has 2 atom stereocenters. The number of amides is 1. The fourth-order valence-electron chi connectivity index (χ4n) is 3.64. The van der Waals surface area contributed by atoms with Crippen molar-refractivity contribution in [3.63, 3.8) is 0 Å². The van der Waals surface area contributed by atoms with Crippen molar-refractivity contribution in [1.82, 2.24) is 14.9 Å². The Hall–Kier alpha value is -4.26. The Morgan fingerprint density at radius 3 is 2.22 bits per heavy atom. The zero-order valence-electron chi connectivity index (χ0n) is 17.1. The molecule has 7 nitrogen and oxygen atoms in total. The molecule has 0 saturated heterocycles. The summed E-state index contributed by atoms with van der Waals surface area (Å²) in [4.78, 5) is 42.8. The molecule has 2 N–H and O–H groups in total. The highest BCUT2D eigenvalue weighted by atomic mass is 16.4. The van der Waals surface area contributed by atoms with E-state index < -0.39 is 24.0 Å². The maximum atomic E-state index is 13.4. The zero-order valence-corrected chi connectivity index (χ0v) is 17.1. The first kappa shape index (κ1) is 21.0. The number of benzene rings is 3. The Balaban J connectivity index is 1.73. The topological polar surface area (TPSA) is 101 Å². The van der Waals surface area contributed by atoms with Gasteiger partial charge in [-0.3, -0.25) is 14.2 Å². The van der Waals surface area contributed by atoms with E-state index in [2.05, 4.69) is 10.3 Å². The maximum Gasteiger partial charge on any atom is 0.326 e. The molecular formula is C25H21N3O4. The second-order valence-electron chi connectivity index (χ2n) is 7.38. The highest BCUT2D eigenvalue weighted by Gasteiger charge is 2.29. The number of carboxylic acids is 1. The minimum absolute atomic E-state index is 0.119. The molecule has 0 spiro atoms. The van der Waals surface area contributed by atoms with Gasteiger partial charge in [-0.05, 0) is 23.3 Å². The summed E-state index contributed by atoms with van der Waals surface area (Å²) in [7, 11) is 0. The van der Waals surface area contributed by atoms with Crippen LogP contribution in [0.5, 0.6) is 0 Å². The van der Waals surface area contributed by atoms with Crippen LogP contribution < -0.4 is 10.9 Å². The predicted octanol–water partition coefficient (Wildman–Crippen LogP) is 2.80. The van der Waals surface area contributed by atoms with Gasteiger partial charge < -0.3 is 10.4 Å². The summed E-state index contributed by atoms with van der Waals surface area (Å²) in [6, 6.07) is 22.5. The van der Waals surface area contributed by atoms with E-state index in [1.165, 1.54) is 10.9 Å². The summed E-state index contributed by atoms with van der Waals surface area (Å²) in [6.45, 7) is 0. The molecule has 0 aliphatic carbocycles. The van der Waals surface area contributed by atoms with Gasteiger partial charge in [0.2, 0.25) is 5.91 Å². The average Bonchev–Trinajstić information content (AvgIpc) is 2.82. The van der Waals surface area contributed by atoms with Crippen LogP contribution in [0, 0.1) is 0 Å². The van der Waals surface area contributed by atoms with Crippen LogP contribution in [0.3, 0.4) is 0 Å². The quantitative estimate of drug-likeness (QED) is 0.472. The lowest BCUT2D eigenvalue weighted by Gasteiger charge is -2.22. The highest BCUT2D eigenvalue weighted by Crippen LogP contribution is 2.19. The molecule has 0 fully saturated rings.